The molecule has 3 fully saturated rings. The van der Waals surface area contributed by atoms with E-state index in [0.717, 1.165) is 0 Å². The lowest BCUT2D eigenvalue weighted by Gasteiger charge is -2.46. The summed E-state index contributed by atoms with van der Waals surface area (Å²) in [5, 5.41) is 67.5. The lowest BCUT2D eigenvalue weighted by Crippen LogP contribution is -2.67. The zero-order valence-electron chi connectivity index (χ0n) is 25.3. The van der Waals surface area contributed by atoms with Gasteiger partial charge in [-0.05, 0) is 14.0 Å². The number of rotatable bonds is 13. The zero-order valence-corrected chi connectivity index (χ0v) is 27.1. The minimum atomic E-state index is -5.45. The maximum atomic E-state index is 11.8. The smallest absolute Gasteiger partial charge is 0.394 e. The highest BCUT2D eigenvalue weighted by Gasteiger charge is 2.61. The Morgan fingerprint density at radius 2 is 1.40 bits per heavy atom. The van der Waals surface area contributed by atoms with Crippen molar-refractivity contribution in [2.75, 3.05) is 20.3 Å². The summed E-state index contributed by atoms with van der Waals surface area (Å²) in [5.74, 6) is -1.39. The fraction of sp³-hybridized carbons (Fsp3) is 0.905. The number of nitrogens with one attached hydrogen (secondary N) is 1. The Labute approximate surface area is 271 Å². The first-order valence-corrected chi connectivity index (χ1v) is 17.1. The van der Waals surface area contributed by atoms with E-state index in [9.17, 15) is 59.3 Å². The summed E-state index contributed by atoms with van der Waals surface area (Å²) in [6.45, 7) is -0.816. The van der Waals surface area contributed by atoms with Crippen molar-refractivity contribution in [2.45, 2.75) is 98.2 Å². The van der Waals surface area contributed by atoms with E-state index in [4.69, 9.17) is 46.4 Å². The van der Waals surface area contributed by atoms with Crippen LogP contribution in [-0.2, 0) is 37.1 Å². The van der Waals surface area contributed by atoms with Crippen molar-refractivity contribution in [2.24, 2.45) is 32.9 Å². The maximum absolute atomic E-state index is 11.8. The number of nitrogens with two attached hydrogens (primary N) is 4. The molecule has 2 heterocycles. The van der Waals surface area contributed by atoms with Gasteiger partial charge in [0.25, 0.3) is 0 Å². The van der Waals surface area contributed by atoms with Crippen molar-refractivity contribution in [1.82, 2.24) is 5.32 Å². The van der Waals surface area contributed by atoms with Crippen LogP contribution in [0.25, 0.3) is 0 Å². The van der Waals surface area contributed by atoms with Crippen LogP contribution >= 0.6 is 15.6 Å². The highest BCUT2D eigenvalue weighted by molar-refractivity contribution is 7.46. The average molecular weight is 744 g/mol. The van der Waals surface area contributed by atoms with Gasteiger partial charge in [-0.15, -0.1) is 0 Å². The van der Waals surface area contributed by atoms with Gasteiger partial charge >= 0.3 is 15.6 Å². The molecule has 0 aromatic heterocycles. The minimum Gasteiger partial charge on any atom is -0.394 e. The number of phosphoric acid groups is 2. The molecule has 0 bridgehead atoms. The molecule has 25 nitrogen and oxygen atoms in total. The summed E-state index contributed by atoms with van der Waals surface area (Å²) in [6.07, 6.45) is -20.1. The molecule has 0 aromatic rings. The molecule has 280 valence electrons. The van der Waals surface area contributed by atoms with Crippen LogP contribution in [0.4, 0.5) is 0 Å². The number of phosphoric ester groups is 2. The number of ether oxygens (including phenoxy) is 4. The van der Waals surface area contributed by atoms with Crippen LogP contribution in [0.2, 0.25) is 0 Å². The molecule has 0 aromatic carbocycles. The summed E-state index contributed by atoms with van der Waals surface area (Å²) in [7, 11) is -9.37. The van der Waals surface area contributed by atoms with E-state index < -0.39 is 132 Å². The van der Waals surface area contributed by atoms with Crippen LogP contribution in [0.3, 0.4) is 0 Å². The number of aliphatic hydroxyl groups excluding tert-OH is 5. The third-order valence-corrected chi connectivity index (χ3v) is 8.92. The second-order valence-electron chi connectivity index (χ2n) is 11.2. The van der Waals surface area contributed by atoms with E-state index in [2.05, 4.69) is 19.8 Å². The first-order valence-electron chi connectivity index (χ1n) is 14.0. The van der Waals surface area contributed by atoms with Gasteiger partial charge in [-0.3, -0.25) is 9.05 Å². The van der Waals surface area contributed by atoms with Crippen molar-refractivity contribution < 1.29 is 87.3 Å². The van der Waals surface area contributed by atoms with Crippen molar-refractivity contribution in [3.05, 3.63) is 0 Å². The number of hydrogen-bond donors (Lipinski definition) is 15. The second-order valence-corrected chi connectivity index (χ2v) is 13.6. The monoisotopic (exact) mass is 743 g/mol. The zero-order chi connectivity index (χ0) is 36.5. The number of aliphatic imine (C=N–C) groups is 2. The predicted octanol–water partition coefficient (Wildman–Crippen LogP) is -8.13. The molecule has 0 radical (unpaired) electrons. The van der Waals surface area contributed by atoms with Gasteiger partial charge in [0.15, 0.2) is 24.5 Å². The number of guanidine groups is 2. The highest BCUT2D eigenvalue weighted by Crippen LogP contribution is 2.46. The Morgan fingerprint density at radius 1 is 0.833 bits per heavy atom. The fourth-order valence-electron chi connectivity index (χ4n) is 5.60. The van der Waals surface area contributed by atoms with Crippen molar-refractivity contribution in [3.8, 4) is 0 Å². The summed E-state index contributed by atoms with van der Waals surface area (Å²) in [4.78, 5) is 45.3. The number of hydrogen-bond acceptors (Lipinski definition) is 17. The third kappa shape index (κ3) is 9.35. The SMILES string of the molecule is CNC1C(OC2C(OC3C(O)C(OP(=O)(O)O)C(N=C(N)N)C(O)C3N=C(N)N)OC(C)C2(O)COP(=O)(O)O)OC(CO)C(O)C1O. The molecule has 27 heteroatoms. The van der Waals surface area contributed by atoms with Crippen molar-refractivity contribution in [1.29, 1.82) is 0 Å². The topological polar surface area (TPSA) is 433 Å². The lowest BCUT2D eigenvalue weighted by atomic mass is 9.81. The largest absolute Gasteiger partial charge is 0.470 e. The maximum Gasteiger partial charge on any atom is 0.470 e. The van der Waals surface area contributed by atoms with Crippen molar-refractivity contribution >= 4 is 27.6 Å². The third-order valence-electron chi connectivity index (χ3n) is 7.93. The second kappa shape index (κ2) is 15.7. The Kier molecular flexibility index (Phi) is 13.3. The Morgan fingerprint density at radius 3 is 1.88 bits per heavy atom. The first kappa shape index (κ1) is 40.7. The summed E-state index contributed by atoms with van der Waals surface area (Å²) in [5.41, 5.74) is 19.3. The molecule has 48 heavy (non-hydrogen) atoms. The van der Waals surface area contributed by atoms with Gasteiger partial charge in [0.2, 0.25) is 0 Å². The number of likely N-dealkylation sites (N-methyl/N-ethyl adjacent to an activating group) is 1. The van der Waals surface area contributed by atoms with E-state index in [1.165, 1.54) is 14.0 Å². The first-order chi connectivity index (χ1) is 22.0. The van der Waals surface area contributed by atoms with Crippen LogP contribution < -0.4 is 28.3 Å². The quantitative estimate of drug-likeness (QED) is 0.0473. The summed E-state index contributed by atoms with van der Waals surface area (Å²) in [6, 6.07) is -4.87. The molecule has 3 aliphatic rings. The summed E-state index contributed by atoms with van der Waals surface area (Å²) >= 11 is 0. The molecule has 1 saturated carbocycles. The molecule has 19 N–H and O–H groups in total. The van der Waals surface area contributed by atoms with E-state index in [-0.39, 0.29) is 0 Å². The Hall–Kier alpha value is -1.68. The molecule has 0 spiro atoms. The van der Waals surface area contributed by atoms with E-state index in [0.29, 0.717) is 0 Å². The van der Waals surface area contributed by atoms with Gasteiger partial charge in [0, 0.05) is 0 Å². The standard InChI is InChI=1S/C21H43N7O18P2/c1-5-21(34,4-41-47(35,36)37)16(45-17-9(26-2)12(32)10(30)6(3-29)43-17)18(42-5)44-14-7(27-19(22)23)11(31)8(28-20(24)25)15(13(14)33)46-48(38,39)40/h5-18,26,29-34H,3-4H2,1-2H3,(H4,22,23,27)(H4,24,25,28)(H2,35,36,37)(H2,38,39,40). The number of aliphatic hydroxyl groups is 6. The Bertz CT molecular complexity index is 1250. The van der Waals surface area contributed by atoms with Crippen LogP contribution in [0, 0.1) is 0 Å². The fourth-order valence-corrected chi connectivity index (χ4v) is 6.55. The molecule has 3 rings (SSSR count). The Balaban J connectivity index is 2.10. The van der Waals surface area contributed by atoms with Gasteiger partial charge < -0.3 is 97.4 Å². The van der Waals surface area contributed by atoms with Crippen LogP contribution in [0.5, 0.6) is 0 Å². The van der Waals surface area contributed by atoms with Crippen LogP contribution in [-0.4, -0.2) is 174 Å². The molecule has 2 aliphatic heterocycles. The lowest BCUT2D eigenvalue weighted by molar-refractivity contribution is -0.317. The van der Waals surface area contributed by atoms with E-state index in [1.54, 1.807) is 0 Å². The highest BCUT2D eigenvalue weighted by atomic mass is 31.2. The molecule has 15 unspecified atom stereocenters. The van der Waals surface area contributed by atoms with Crippen LogP contribution in [0.15, 0.2) is 9.98 Å². The van der Waals surface area contributed by atoms with Gasteiger partial charge in [-0.1, -0.05) is 0 Å². The number of nitrogens with zero attached hydrogens (tertiary/aromatic N) is 2. The normalized spacial score (nSPS) is 42.3. The average Bonchev–Trinajstić information content (AvgIpc) is 3.19. The molecular weight excluding hydrogens is 700 g/mol. The van der Waals surface area contributed by atoms with Gasteiger partial charge in [-0.2, -0.15) is 0 Å². The molecule has 1 aliphatic carbocycles. The van der Waals surface area contributed by atoms with Crippen LogP contribution in [0.1, 0.15) is 6.92 Å². The van der Waals surface area contributed by atoms with E-state index in [1.807, 2.05) is 0 Å². The van der Waals surface area contributed by atoms with Gasteiger partial charge in [0.05, 0.1) is 25.4 Å². The predicted molar refractivity (Wildman–Crippen MR) is 156 cm³/mol. The molecule has 2 saturated heterocycles. The molecule has 0 amide bonds. The van der Waals surface area contributed by atoms with Gasteiger partial charge in [-0.25, -0.2) is 19.1 Å². The molecular formula is C21H43N7O18P2. The van der Waals surface area contributed by atoms with Gasteiger partial charge in [0.1, 0.15) is 66.5 Å². The van der Waals surface area contributed by atoms with Crippen molar-refractivity contribution in [3.63, 3.8) is 0 Å². The minimum absolute atomic E-state index is 0.687. The molecule has 15 atom stereocenters. The van der Waals surface area contributed by atoms with E-state index >= 15 is 0 Å². The summed E-state index contributed by atoms with van der Waals surface area (Å²) < 4.78 is 55.8.